The van der Waals surface area contributed by atoms with Gasteiger partial charge in [0.1, 0.15) is 24.2 Å². The number of nitrogens with zero attached hydrogens (tertiary/aromatic N) is 6. The van der Waals surface area contributed by atoms with Crippen LogP contribution in [0.15, 0.2) is 112 Å². The normalized spacial score (nSPS) is 10.2. The van der Waals surface area contributed by atoms with Crippen molar-refractivity contribution in [3.05, 3.63) is 137 Å². The highest BCUT2D eigenvalue weighted by Crippen LogP contribution is 2.38. The fourth-order valence-electron chi connectivity index (χ4n) is 7.66. The first-order valence-corrected chi connectivity index (χ1v) is 29.5. The molecule has 8 aromatic rings. The van der Waals surface area contributed by atoms with Gasteiger partial charge in [-0.25, -0.2) is 29.9 Å². The van der Waals surface area contributed by atoms with Gasteiger partial charge in [-0.2, -0.15) is 0 Å². The topological polar surface area (TPSA) is 141 Å². The summed E-state index contributed by atoms with van der Waals surface area (Å²) >= 11 is 3.35. The van der Waals surface area contributed by atoms with Crippen molar-refractivity contribution in [2.75, 3.05) is 0 Å². The molecule has 7 heterocycles. The number of rotatable bonds is 6. The monoisotopic (exact) mass is 1320 g/mol. The minimum Gasteiger partial charge on any atom is -0.459 e. The molecule has 0 N–H and O–H groups in total. The molecule has 2 aromatic carbocycles. The van der Waals surface area contributed by atoms with Crippen LogP contribution in [0.4, 0.5) is 0 Å². The summed E-state index contributed by atoms with van der Waals surface area (Å²) in [6.45, 7) is 21.8. The average Bonchev–Trinajstić information content (AvgIpc) is 1.70. The van der Waals surface area contributed by atoms with Gasteiger partial charge < -0.3 is 27.6 Å². The molecule has 9 rings (SSSR count). The summed E-state index contributed by atoms with van der Waals surface area (Å²) in [6.07, 6.45) is 14.8. The molecule has 12 nitrogen and oxygen atoms in total. The van der Waals surface area contributed by atoms with Crippen LogP contribution in [0.5, 0.6) is 23.3 Å². The molecule has 14 heteroatoms. The number of hydrogen-bond donors (Lipinski definition) is 0. The maximum atomic E-state index is 6.15. The van der Waals surface area contributed by atoms with Crippen molar-refractivity contribution < 1.29 is 27.6 Å². The zero-order chi connectivity index (χ0) is 69.5. The summed E-state index contributed by atoms with van der Waals surface area (Å²) in [4.78, 5) is 25.1. The molecule has 0 aliphatic carbocycles. The van der Waals surface area contributed by atoms with E-state index >= 15 is 0 Å². The lowest BCUT2D eigenvalue weighted by Crippen LogP contribution is -2.41. The summed E-state index contributed by atoms with van der Waals surface area (Å²) in [5.41, 5.74) is 9.76. The fraction of sp³-hybridized carbons (Fsp3) is 0.157. The Morgan fingerprint density at radius 2 is 0.753 bits per heavy atom. The lowest BCUT2D eigenvalue weighted by Gasteiger charge is -2.32. The molecule has 0 amide bonds. The molecular formula is C83H50BBrN6O6. The summed E-state index contributed by atoms with van der Waals surface area (Å²) in [5.74, 6) is 89.2. The van der Waals surface area contributed by atoms with Crippen molar-refractivity contribution in [1.29, 1.82) is 0 Å². The van der Waals surface area contributed by atoms with E-state index in [2.05, 4.69) is 288 Å². The molecule has 0 spiro atoms. The number of benzene rings is 2. The number of hydrogen-bond acceptors (Lipinski definition) is 12. The summed E-state index contributed by atoms with van der Waals surface area (Å²) in [7, 11) is -0.388. The van der Waals surface area contributed by atoms with E-state index in [4.69, 9.17) is 34.0 Å². The van der Waals surface area contributed by atoms with Crippen LogP contribution in [0.1, 0.15) is 68.5 Å². The first-order chi connectivity index (χ1) is 47.0. The Morgan fingerprint density at radius 3 is 1.09 bits per heavy atom. The van der Waals surface area contributed by atoms with Crippen LogP contribution in [0.3, 0.4) is 0 Å². The third-order valence-electron chi connectivity index (χ3n) is 12.9. The lowest BCUT2D eigenvalue weighted by atomic mass is 9.76. The van der Waals surface area contributed by atoms with Gasteiger partial charge >= 0.3 is 7.12 Å². The van der Waals surface area contributed by atoms with Crippen LogP contribution >= 0.6 is 15.9 Å². The second-order valence-corrected chi connectivity index (χ2v) is 20.8. The van der Waals surface area contributed by atoms with Gasteiger partial charge in [0.25, 0.3) is 11.8 Å². The highest BCUT2D eigenvalue weighted by atomic mass is 79.9. The van der Waals surface area contributed by atoms with E-state index in [1.165, 1.54) is 0 Å². The van der Waals surface area contributed by atoms with Gasteiger partial charge in [-0.15, -0.1) is 6.42 Å². The van der Waals surface area contributed by atoms with Crippen molar-refractivity contribution in [3.8, 4) is 248 Å². The van der Waals surface area contributed by atoms with E-state index in [1.807, 2.05) is 95.3 Å². The highest BCUT2D eigenvalue weighted by molar-refractivity contribution is 9.10. The summed E-state index contributed by atoms with van der Waals surface area (Å²) < 4.78 is 36.1. The first-order valence-electron chi connectivity index (χ1n) is 28.7. The van der Waals surface area contributed by atoms with Gasteiger partial charge in [-0.3, -0.25) is 0 Å². The van der Waals surface area contributed by atoms with Gasteiger partial charge in [0.15, 0.2) is 11.2 Å². The fourth-order valence-corrected chi connectivity index (χ4v) is 7.86. The number of aryl methyl sites for hydroxylation is 6. The third-order valence-corrected chi connectivity index (χ3v) is 14.0. The number of ether oxygens (including phenoxy) is 2. The van der Waals surface area contributed by atoms with E-state index in [1.54, 1.807) is 44.5 Å². The van der Waals surface area contributed by atoms with Gasteiger partial charge in [0, 0.05) is 147 Å². The molecule has 1 aliphatic heterocycles. The van der Waals surface area contributed by atoms with E-state index in [-0.39, 0.29) is 18.3 Å². The largest absolute Gasteiger partial charge is 0.495 e. The Morgan fingerprint density at radius 1 is 0.412 bits per heavy atom. The Hall–Kier alpha value is -13.9. The van der Waals surface area contributed by atoms with Crippen LogP contribution in [0.25, 0.3) is 33.1 Å². The van der Waals surface area contributed by atoms with Gasteiger partial charge in [0.05, 0.1) is 39.6 Å². The molecule has 97 heavy (non-hydrogen) atoms. The Bertz CT molecular complexity index is 5530. The highest BCUT2D eigenvalue weighted by Gasteiger charge is 2.52. The summed E-state index contributed by atoms with van der Waals surface area (Å²) in [6, 6.07) is 19.3. The van der Waals surface area contributed by atoms with Crippen molar-refractivity contribution in [3.63, 3.8) is 0 Å². The molecule has 1 saturated heterocycles. The maximum absolute atomic E-state index is 6.15. The maximum Gasteiger partial charge on any atom is 0.495 e. The predicted octanol–water partition coefficient (Wildman–Crippen LogP) is 11.8. The number of furan rings is 2. The zero-order valence-corrected chi connectivity index (χ0v) is 56.0. The van der Waals surface area contributed by atoms with Crippen LogP contribution in [0, 0.1) is 255 Å². The van der Waals surface area contributed by atoms with E-state index in [0.717, 1.165) is 65.7 Å². The van der Waals surface area contributed by atoms with Crippen LogP contribution in [0.2, 0.25) is 0 Å². The molecule has 0 radical (unpaired) electrons. The molecular weight excluding hydrogens is 1270 g/mol. The number of aromatic nitrogens is 6. The molecule has 0 bridgehead atoms. The standard InChI is InChI=1S/C37H4.C20H22BNO4.C20H17N3O2.C6H7BrN2/c1-3-5-7-9-11-13-15-17-19-21-23-25-27-29-31-33-35-37-36-34-32-30-28-26-24-22-20-18-16-14-12-10-8-6-4-2;1-13-12-15(24-18-17-14(8-10-22-18)9-11-23-17)6-7-16(13)21-25-19(2,3)20(4,5)26-21;1-12-10-16(25-20-19-15(6-8-21-20)7-9-24-19)4-5-17(12)18-13(2)22-11-23-14(18)3;1-4-6(7)5(2)9-3-8-4/h1H,2H3;6-12H,1-5H3;4-11H,1-3H3;3H,1-2H3. The number of pyridine rings is 2. The van der Waals surface area contributed by atoms with Crippen molar-refractivity contribution in [2.45, 2.75) is 87.4 Å². The van der Waals surface area contributed by atoms with Crippen molar-refractivity contribution in [2.24, 2.45) is 0 Å². The number of fused-ring (bicyclic) bond motifs is 2. The van der Waals surface area contributed by atoms with Crippen LogP contribution < -0.4 is 14.9 Å². The molecule has 0 saturated carbocycles. The Labute approximate surface area is 576 Å². The third kappa shape index (κ3) is 23.7. The van der Waals surface area contributed by atoms with Crippen molar-refractivity contribution >= 4 is 50.4 Å². The Balaban J connectivity index is 0.000000219. The second kappa shape index (κ2) is 38.7. The minimum atomic E-state index is -0.388. The zero-order valence-electron chi connectivity index (χ0n) is 54.4. The molecule has 1 aliphatic rings. The molecule has 0 unspecified atom stereocenters. The van der Waals surface area contributed by atoms with Crippen LogP contribution in [-0.2, 0) is 9.31 Å². The quantitative estimate of drug-likeness (QED) is 0.116. The summed E-state index contributed by atoms with van der Waals surface area (Å²) in [5, 5.41) is 1.92. The van der Waals surface area contributed by atoms with E-state index in [0.29, 0.717) is 34.4 Å². The smallest absolute Gasteiger partial charge is 0.459 e. The van der Waals surface area contributed by atoms with E-state index < -0.39 is 0 Å². The van der Waals surface area contributed by atoms with Gasteiger partial charge in [0.2, 0.25) is 0 Å². The second-order valence-electron chi connectivity index (χ2n) is 20.0. The van der Waals surface area contributed by atoms with Gasteiger partial charge in [-0.05, 0) is 258 Å². The van der Waals surface area contributed by atoms with E-state index in [9.17, 15) is 0 Å². The van der Waals surface area contributed by atoms with Gasteiger partial charge in [-0.1, -0.05) is 18.1 Å². The first kappa shape index (κ1) is 72.2. The Kier molecular flexibility index (Phi) is 28.8. The average molecular weight is 1320 g/mol. The minimum absolute atomic E-state index is 0.363. The molecule has 0 atom stereocenters. The predicted molar refractivity (Wildman–Crippen MR) is 383 cm³/mol. The molecule has 6 aromatic heterocycles. The molecule has 1 fully saturated rings. The number of halogens is 1. The van der Waals surface area contributed by atoms with Crippen molar-refractivity contribution in [1.82, 2.24) is 29.9 Å². The lowest BCUT2D eigenvalue weighted by molar-refractivity contribution is 0.00578. The van der Waals surface area contributed by atoms with Crippen LogP contribution in [-0.4, -0.2) is 48.2 Å². The molecule has 458 valence electrons. The SMILES string of the molecule is C#CC#CC#CC#CC#CC#CC#CC#CC#CC#CC#CC#CC#CC#CC#CC#CC#CC#CC.Cc1cc(Oc2nccc3ccoc23)ccc1-c1c(C)ncnc1C.Cc1cc(Oc2nccc3ccoc23)ccc1B1OC(C)(C)C(C)(C)O1.Cc1ncnc(C)c1Br. The number of terminal acetylenes is 1.